The summed E-state index contributed by atoms with van der Waals surface area (Å²) in [7, 11) is -4.13. The van der Waals surface area contributed by atoms with Crippen LogP contribution in [0.3, 0.4) is 0 Å². The van der Waals surface area contributed by atoms with E-state index in [0.29, 0.717) is 18.0 Å². The van der Waals surface area contributed by atoms with Crippen LogP contribution in [-0.4, -0.2) is 38.1 Å². The summed E-state index contributed by atoms with van der Waals surface area (Å²) < 4.78 is 27.4. The lowest BCUT2D eigenvalue weighted by atomic mass is 10.3. The van der Waals surface area contributed by atoms with Crippen molar-refractivity contribution in [2.24, 2.45) is 0 Å². The standard InChI is InChI=1S/C23H22ClN3O5S2/c24-18-10-12-21(13-11-18)33-15-5-14-25-23(28)17-26(19-6-4-7-20(16-19)27(29)30)34(31,32)22-8-2-1-3-9-22/h1-4,6-13,16H,5,14-15,17H2,(H,25,28). The highest BCUT2D eigenvalue weighted by atomic mass is 35.5. The molecule has 0 atom stereocenters. The van der Waals surface area contributed by atoms with E-state index in [1.54, 1.807) is 42.1 Å². The van der Waals surface area contributed by atoms with Crippen molar-refractivity contribution >= 4 is 50.7 Å². The number of benzene rings is 3. The molecule has 0 aromatic heterocycles. The number of sulfonamides is 1. The van der Waals surface area contributed by atoms with Crippen LogP contribution in [0.25, 0.3) is 0 Å². The molecular formula is C23H22ClN3O5S2. The molecule has 8 nitrogen and oxygen atoms in total. The van der Waals surface area contributed by atoms with Crippen molar-refractivity contribution in [3.8, 4) is 0 Å². The van der Waals surface area contributed by atoms with E-state index >= 15 is 0 Å². The third-order valence-corrected chi connectivity index (χ3v) is 7.81. The number of hydrogen-bond donors (Lipinski definition) is 1. The van der Waals surface area contributed by atoms with E-state index in [0.717, 1.165) is 21.0 Å². The number of amides is 1. The van der Waals surface area contributed by atoms with Crippen LogP contribution >= 0.6 is 23.4 Å². The van der Waals surface area contributed by atoms with Crippen molar-refractivity contribution in [2.45, 2.75) is 16.2 Å². The summed E-state index contributed by atoms with van der Waals surface area (Å²) >= 11 is 7.49. The molecule has 1 N–H and O–H groups in total. The number of hydrogen-bond acceptors (Lipinski definition) is 6. The Morgan fingerprint density at radius 2 is 1.74 bits per heavy atom. The minimum absolute atomic E-state index is 0.0197. The predicted molar refractivity (Wildman–Crippen MR) is 134 cm³/mol. The second-order valence-electron chi connectivity index (χ2n) is 7.11. The van der Waals surface area contributed by atoms with Gasteiger partial charge in [-0.3, -0.25) is 19.2 Å². The SMILES string of the molecule is O=C(CN(c1cccc([N+](=O)[O-])c1)S(=O)(=O)c1ccccc1)NCCCSc1ccc(Cl)cc1. The number of nitrogens with zero attached hydrogens (tertiary/aromatic N) is 2. The van der Waals surface area contributed by atoms with E-state index in [1.807, 2.05) is 12.1 Å². The Balaban J connectivity index is 1.67. The quantitative estimate of drug-likeness (QED) is 0.169. The van der Waals surface area contributed by atoms with E-state index < -0.39 is 27.4 Å². The number of nitro groups is 1. The van der Waals surface area contributed by atoms with Gasteiger partial charge in [0.05, 0.1) is 15.5 Å². The molecule has 0 fully saturated rings. The van der Waals surface area contributed by atoms with Gasteiger partial charge in [-0.05, 0) is 54.6 Å². The molecule has 0 unspecified atom stereocenters. The first-order valence-electron chi connectivity index (χ1n) is 10.2. The van der Waals surface area contributed by atoms with Crippen molar-refractivity contribution < 1.29 is 18.1 Å². The van der Waals surface area contributed by atoms with Crippen LogP contribution in [0, 0.1) is 10.1 Å². The average Bonchev–Trinajstić information content (AvgIpc) is 2.84. The maximum absolute atomic E-state index is 13.3. The Bertz CT molecular complexity index is 1240. The third-order valence-electron chi connectivity index (χ3n) is 4.67. The Hall–Kier alpha value is -3.08. The van der Waals surface area contributed by atoms with Gasteiger partial charge in [0.2, 0.25) is 5.91 Å². The highest BCUT2D eigenvalue weighted by Crippen LogP contribution is 2.27. The fraction of sp³-hybridized carbons (Fsp3) is 0.174. The fourth-order valence-electron chi connectivity index (χ4n) is 3.00. The van der Waals surface area contributed by atoms with Gasteiger partial charge in [-0.1, -0.05) is 35.9 Å². The van der Waals surface area contributed by atoms with Gasteiger partial charge in [-0.15, -0.1) is 11.8 Å². The Morgan fingerprint density at radius 1 is 1.03 bits per heavy atom. The lowest BCUT2D eigenvalue weighted by molar-refractivity contribution is -0.384. The van der Waals surface area contributed by atoms with Gasteiger partial charge >= 0.3 is 0 Å². The molecule has 0 spiro atoms. The predicted octanol–water partition coefficient (Wildman–Crippen LogP) is 4.74. The summed E-state index contributed by atoms with van der Waals surface area (Å²) in [5, 5.41) is 14.6. The highest BCUT2D eigenvalue weighted by Gasteiger charge is 2.28. The average molecular weight is 520 g/mol. The van der Waals surface area contributed by atoms with E-state index in [4.69, 9.17) is 11.6 Å². The van der Waals surface area contributed by atoms with E-state index in [9.17, 15) is 23.3 Å². The normalized spacial score (nSPS) is 11.1. The molecule has 1 amide bonds. The summed E-state index contributed by atoms with van der Waals surface area (Å²) in [6.07, 6.45) is 0.668. The van der Waals surface area contributed by atoms with Gasteiger partial charge in [0, 0.05) is 28.6 Å². The van der Waals surface area contributed by atoms with Crippen molar-refractivity contribution in [2.75, 3.05) is 23.1 Å². The molecule has 178 valence electrons. The zero-order valence-electron chi connectivity index (χ0n) is 18.0. The third kappa shape index (κ3) is 6.96. The second-order valence-corrected chi connectivity index (χ2v) is 10.6. The second kappa shape index (κ2) is 11.9. The molecule has 0 aliphatic carbocycles. The number of anilines is 1. The Morgan fingerprint density at radius 3 is 2.41 bits per heavy atom. The highest BCUT2D eigenvalue weighted by molar-refractivity contribution is 7.99. The van der Waals surface area contributed by atoms with Crippen LogP contribution in [0.15, 0.2) is 88.7 Å². The smallest absolute Gasteiger partial charge is 0.271 e. The van der Waals surface area contributed by atoms with Gasteiger partial charge in [0.1, 0.15) is 6.54 Å². The molecule has 0 aliphatic heterocycles. The molecule has 0 aliphatic rings. The topological polar surface area (TPSA) is 110 Å². The van der Waals surface area contributed by atoms with Crippen LogP contribution < -0.4 is 9.62 Å². The summed E-state index contributed by atoms with van der Waals surface area (Å²) in [5.41, 5.74) is -0.239. The molecule has 0 bridgehead atoms. The molecule has 3 rings (SSSR count). The molecule has 0 radical (unpaired) electrons. The van der Waals surface area contributed by atoms with Gasteiger partial charge in [-0.2, -0.15) is 0 Å². The number of carbonyl (C=O) groups is 1. The number of nitro benzene ring substituents is 1. The zero-order valence-corrected chi connectivity index (χ0v) is 20.4. The van der Waals surface area contributed by atoms with Crippen LogP contribution in [0.1, 0.15) is 6.42 Å². The number of non-ortho nitro benzene ring substituents is 1. The van der Waals surface area contributed by atoms with Gasteiger partial charge in [0.25, 0.3) is 15.7 Å². The monoisotopic (exact) mass is 519 g/mol. The Labute approximate surface area is 207 Å². The van der Waals surface area contributed by atoms with Gasteiger partial charge < -0.3 is 5.32 Å². The first-order valence-corrected chi connectivity index (χ1v) is 13.0. The lowest BCUT2D eigenvalue weighted by Gasteiger charge is -2.24. The van der Waals surface area contributed by atoms with Crippen molar-refractivity contribution in [1.29, 1.82) is 0 Å². The van der Waals surface area contributed by atoms with Gasteiger partial charge in [0.15, 0.2) is 0 Å². The number of carbonyl (C=O) groups excluding carboxylic acids is 1. The van der Waals surface area contributed by atoms with Crippen molar-refractivity contribution in [1.82, 2.24) is 5.32 Å². The van der Waals surface area contributed by atoms with E-state index in [-0.39, 0.29) is 16.3 Å². The maximum Gasteiger partial charge on any atom is 0.271 e. The molecular weight excluding hydrogens is 498 g/mol. The molecule has 0 saturated carbocycles. The molecule has 34 heavy (non-hydrogen) atoms. The molecule has 0 saturated heterocycles. The molecule has 3 aromatic carbocycles. The molecule has 0 heterocycles. The molecule has 3 aromatic rings. The van der Waals surface area contributed by atoms with Crippen molar-refractivity contribution in [3.63, 3.8) is 0 Å². The first-order chi connectivity index (χ1) is 16.3. The summed E-state index contributed by atoms with van der Waals surface area (Å²) in [5.74, 6) is 0.237. The van der Waals surface area contributed by atoms with Gasteiger partial charge in [-0.25, -0.2) is 8.42 Å². The Kier molecular flexibility index (Phi) is 8.91. The number of halogens is 1. The van der Waals surface area contributed by atoms with E-state index in [2.05, 4.69) is 5.32 Å². The number of rotatable bonds is 11. The van der Waals surface area contributed by atoms with Crippen LogP contribution in [-0.2, 0) is 14.8 Å². The minimum Gasteiger partial charge on any atom is -0.354 e. The largest absolute Gasteiger partial charge is 0.354 e. The maximum atomic E-state index is 13.3. The first kappa shape index (κ1) is 25.5. The molecule has 11 heteroatoms. The van der Waals surface area contributed by atoms with Crippen LogP contribution in [0.5, 0.6) is 0 Å². The lowest BCUT2D eigenvalue weighted by Crippen LogP contribution is -2.41. The van der Waals surface area contributed by atoms with Crippen molar-refractivity contribution in [3.05, 3.63) is 94.0 Å². The summed E-state index contributed by atoms with van der Waals surface area (Å²) in [6.45, 7) is -0.156. The van der Waals surface area contributed by atoms with Crippen LogP contribution in [0.2, 0.25) is 5.02 Å². The number of thioether (sulfide) groups is 1. The fourth-order valence-corrected chi connectivity index (χ4v) is 5.42. The number of nitrogens with one attached hydrogen (secondary N) is 1. The summed E-state index contributed by atoms with van der Waals surface area (Å²) in [6, 6.07) is 20.3. The summed E-state index contributed by atoms with van der Waals surface area (Å²) in [4.78, 5) is 24.2. The van der Waals surface area contributed by atoms with E-state index in [1.165, 1.54) is 30.3 Å². The van der Waals surface area contributed by atoms with Crippen LogP contribution in [0.4, 0.5) is 11.4 Å². The minimum atomic E-state index is -4.13. The zero-order chi connectivity index (χ0) is 24.6.